The van der Waals surface area contributed by atoms with E-state index < -0.39 is 12.5 Å². The van der Waals surface area contributed by atoms with Gasteiger partial charge in [-0.2, -0.15) is 0 Å². The number of aryl methyl sites for hydroxylation is 1. The van der Waals surface area contributed by atoms with Crippen molar-refractivity contribution >= 4 is 34.2 Å². The lowest BCUT2D eigenvalue weighted by molar-refractivity contribution is -0.118. The molecule has 6 nitrogen and oxygen atoms in total. The van der Waals surface area contributed by atoms with Crippen LogP contribution in [0.3, 0.4) is 0 Å². The Bertz CT molecular complexity index is 1350. The van der Waals surface area contributed by atoms with Gasteiger partial charge in [0.1, 0.15) is 11.3 Å². The second-order valence-electron chi connectivity index (χ2n) is 7.13. The molecule has 0 atom stereocenters. The summed E-state index contributed by atoms with van der Waals surface area (Å²) in [5.41, 5.74) is 2.11. The molecule has 0 aliphatic heterocycles. The molecule has 0 saturated heterocycles. The van der Waals surface area contributed by atoms with Crippen LogP contribution in [0.5, 0.6) is 11.5 Å². The van der Waals surface area contributed by atoms with Gasteiger partial charge < -0.3 is 19.2 Å². The highest BCUT2D eigenvalue weighted by Gasteiger charge is 2.19. The molecule has 0 aliphatic rings. The summed E-state index contributed by atoms with van der Waals surface area (Å²) in [6, 6.07) is 19.2. The number of carbonyl (C=O) groups excluding carboxylic acids is 1. The van der Waals surface area contributed by atoms with E-state index >= 15 is 0 Å². The normalized spacial score (nSPS) is 10.7. The van der Waals surface area contributed by atoms with Crippen molar-refractivity contribution in [2.45, 2.75) is 6.92 Å². The molecule has 1 amide bonds. The summed E-state index contributed by atoms with van der Waals surface area (Å²) in [4.78, 5) is 25.7. The highest BCUT2D eigenvalue weighted by Crippen LogP contribution is 2.32. The standard InChI is InChI=1S/C25H20ClNO5/c1-15-7-12-18-21(13-15)32-24(16-8-10-17(30-2)11-9-16)25(23(18)29)31-14-22(28)27-20-6-4-3-5-19(20)26/h3-13H,14H2,1-2H3,(H,27,28). The summed E-state index contributed by atoms with van der Waals surface area (Å²) in [6.45, 7) is 1.52. The van der Waals surface area contributed by atoms with E-state index in [1.165, 1.54) is 0 Å². The van der Waals surface area contributed by atoms with Gasteiger partial charge in [0.15, 0.2) is 12.4 Å². The molecular weight excluding hydrogens is 430 g/mol. The number of anilines is 1. The van der Waals surface area contributed by atoms with E-state index in [0.29, 0.717) is 33.0 Å². The topological polar surface area (TPSA) is 77.8 Å². The molecule has 0 radical (unpaired) electrons. The van der Waals surface area contributed by atoms with Crippen molar-refractivity contribution in [3.63, 3.8) is 0 Å². The molecule has 3 aromatic carbocycles. The fraction of sp³-hybridized carbons (Fsp3) is 0.120. The van der Waals surface area contributed by atoms with Crippen molar-refractivity contribution in [1.82, 2.24) is 0 Å². The van der Waals surface area contributed by atoms with E-state index in [-0.39, 0.29) is 16.9 Å². The highest BCUT2D eigenvalue weighted by atomic mass is 35.5. The molecule has 1 N–H and O–H groups in total. The van der Waals surface area contributed by atoms with Gasteiger partial charge in [0.05, 0.1) is 23.2 Å². The molecule has 32 heavy (non-hydrogen) atoms. The van der Waals surface area contributed by atoms with Gasteiger partial charge in [-0.15, -0.1) is 0 Å². The van der Waals surface area contributed by atoms with Gasteiger partial charge in [-0.3, -0.25) is 9.59 Å². The van der Waals surface area contributed by atoms with Crippen LogP contribution in [0.1, 0.15) is 5.56 Å². The lowest BCUT2D eigenvalue weighted by Crippen LogP contribution is -2.22. The third kappa shape index (κ3) is 4.45. The molecule has 1 aromatic heterocycles. The van der Waals surface area contributed by atoms with Gasteiger partial charge in [-0.05, 0) is 61.0 Å². The first-order valence-electron chi connectivity index (χ1n) is 9.85. The summed E-state index contributed by atoms with van der Waals surface area (Å²) in [7, 11) is 1.57. The van der Waals surface area contributed by atoms with Crippen molar-refractivity contribution in [3.05, 3.63) is 87.5 Å². The Kier molecular flexibility index (Phi) is 6.14. The largest absolute Gasteiger partial charge is 0.497 e. The number of rotatable bonds is 6. The number of amides is 1. The third-order valence-electron chi connectivity index (χ3n) is 4.85. The number of nitrogens with one attached hydrogen (secondary N) is 1. The molecule has 0 aliphatic carbocycles. The molecule has 0 bridgehead atoms. The van der Waals surface area contributed by atoms with E-state index in [1.807, 2.05) is 13.0 Å². The Hall–Kier alpha value is -3.77. The second kappa shape index (κ2) is 9.16. The average molecular weight is 450 g/mol. The summed E-state index contributed by atoms with van der Waals surface area (Å²) in [6.07, 6.45) is 0. The van der Waals surface area contributed by atoms with Gasteiger partial charge >= 0.3 is 0 Å². The molecule has 7 heteroatoms. The van der Waals surface area contributed by atoms with Gasteiger partial charge in [-0.1, -0.05) is 29.8 Å². The maximum Gasteiger partial charge on any atom is 0.262 e. The van der Waals surface area contributed by atoms with Crippen molar-refractivity contribution < 1.29 is 18.7 Å². The minimum absolute atomic E-state index is 0.0409. The van der Waals surface area contributed by atoms with E-state index in [4.69, 9.17) is 25.5 Å². The number of hydrogen-bond acceptors (Lipinski definition) is 5. The molecule has 1 heterocycles. The van der Waals surface area contributed by atoms with Gasteiger partial charge in [-0.25, -0.2) is 0 Å². The van der Waals surface area contributed by atoms with Crippen LogP contribution < -0.4 is 20.2 Å². The van der Waals surface area contributed by atoms with Crippen LogP contribution in [-0.2, 0) is 4.79 Å². The molecule has 162 valence electrons. The summed E-state index contributed by atoms with van der Waals surface area (Å²) < 4.78 is 17.0. The number of carbonyl (C=O) groups is 1. The summed E-state index contributed by atoms with van der Waals surface area (Å²) in [5.74, 6) is 0.402. The number of fused-ring (bicyclic) bond motifs is 1. The second-order valence-corrected chi connectivity index (χ2v) is 7.54. The van der Waals surface area contributed by atoms with Crippen LogP contribution in [-0.4, -0.2) is 19.6 Å². The molecule has 4 aromatic rings. The lowest BCUT2D eigenvalue weighted by Gasteiger charge is -2.13. The number of benzene rings is 3. The Labute approximate surface area is 189 Å². The van der Waals surface area contributed by atoms with E-state index in [0.717, 1.165) is 5.56 Å². The number of methoxy groups -OCH3 is 1. The molecule has 0 saturated carbocycles. The van der Waals surface area contributed by atoms with Gasteiger partial charge in [0.25, 0.3) is 5.91 Å². The molecule has 0 spiro atoms. The Morgan fingerprint density at radius 1 is 1.06 bits per heavy atom. The average Bonchev–Trinajstić information content (AvgIpc) is 2.79. The van der Waals surface area contributed by atoms with Gasteiger partial charge in [0, 0.05) is 5.56 Å². The minimum Gasteiger partial charge on any atom is -0.497 e. The van der Waals surface area contributed by atoms with E-state index in [2.05, 4.69) is 5.32 Å². The first-order valence-corrected chi connectivity index (χ1v) is 10.2. The SMILES string of the molecule is COc1ccc(-c2oc3cc(C)ccc3c(=O)c2OCC(=O)Nc2ccccc2Cl)cc1. The maximum absolute atomic E-state index is 13.2. The smallest absolute Gasteiger partial charge is 0.262 e. The predicted molar refractivity (Wildman–Crippen MR) is 125 cm³/mol. The quantitative estimate of drug-likeness (QED) is 0.423. The van der Waals surface area contributed by atoms with Crippen molar-refractivity contribution in [1.29, 1.82) is 0 Å². The lowest BCUT2D eigenvalue weighted by atomic mass is 10.1. The predicted octanol–water partition coefficient (Wildman–Crippen LogP) is 5.45. The molecule has 4 rings (SSSR count). The fourth-order valence-electron chi connectivity index (χ4n) is 3.23. The minimum atomic E-state index is -0.456. The number of ether oxygens (including phenoxy) is 2. The highest BCUT2D eigenvalue weighted by molar-refractivity contribution is 6.33. The summed E-state index contributed by atoms with van der Waals surface area (Å²) >= 11 is 6.09. The fourth-order valence-corrected chi connectivity index (χ4v) is 3.42. The first-order chi connectivity index (χ1) is 15.5. The van der Waals surface area contributed by atoms with Gasteiger partial charge in [0.2, 0.25) is 11.2 Å². The zero-order valence-electron chi connectivity index (χ0n) is 17.5. The Morgan fingerprint density at radius 3 is 2.53 bits per heavy atom. The number of halogens is 1. The van der Waals surface area contributed by atoms with Crippen LogP contribution >= 0.6 is 11.6 Å². The molecule has 0 unspecified atom stereocenters. The zero-order chi connectivity index (χ0) is 22.7. The van der Waals surface area contributed by atoms with Crippen LogP contribution in [0, 0.1) is 6.92 Å². The van der Waals surface area contributed by atoms with Crippen LogP contribution in [0.25, 0.3) is 22.3 Å². The Morgan fingerprint density at radius 2 is 1.81 bits per heavy atom. The number of hydrogen-bond donors (Lipinski definition) is 1. The van der Waals surface area contributed by atoms with Crippen molar-refractivity contribution in [3.8, 4) is 22.8 Å². The Balaban J connectivity index is 1.70. The monoisotopic (exact) mass is 449 g/mol. The molecule has 0 fully saturated rings. The van der Waals surface area contributed by atoms with Crippen molar-refractivity contribution in [2.75, 3.05) is 19.0 Å². The van der Waals surface area contributed by atoms with Crippen LogP contribution in [0.2, 0.25) is 5.02 Å². The zero-order valence-corrected chi connectivity index (χ0v) is 18.2. The van der Waals surface area contributed by atoms with Crippen LogP contribution in [0.4, 0.5) is 5.69 Å². The van der Waals surface area contributed by atoms with Crippen molar-refractivity contribution in [2.24, 2.45) is 0 Å². The van der Waals surface area contributed by atoms with E-state index in [9.17, 15) is 9.59 Å². The van der Waals surface area contributed by atoms with Crippen LogP contribution in [0.15, 0.2) is 75.9 Å². The summed E-state index contributed by atoms with van der Waals surface area (Å²) in [5, 5.41) is 3.45. The third-order valence-corrected chi connectivity index (χ3v) is 5.18. The number of para-hydroxylation sites is 1. The van der Waals surface area contributed by atoms with E-state index in [1.54, 1.807) is 67.8 Å². The first kappa shape index (κ1) is 21.5. The molecular formula is C25H20ClNO5. The maximum atomic E-state index is 13.2.